The summed E-state index contributed by atoms with van der Waals surface area (Å²) in [6, 6.07) is 9.17. The van der Waals surface area contributed by atoms with Gasteiger partial charge in [-0.05, 0) is 29.9 Å². The van der Waals surface area contributed by atoms with Gasteiger partial charge in [0.05, 0.1) is 6.54 Å². The zero-order valence-corrected chi connectivity index (χ0v) is 10.3. The van der Waals surface area contributed by atoms with Crippen LogP contribution in [0.1, 0.15) is 37.9 Å². The Morgan fingerprint density at radius 3 is 2.88 bits per heavy atom. The molecule has 0 spiro atoms. The summed E-state index contributed by atoms with van der Waals surface area (Å²) in [5.74, 6) is 6.01. The first-order valence-corrected chi connectivity index (χ1v) is 5.86. The van der Waals surface area contributed by atoms with Gasteiger partial charge in [0.2, 0.25) is 0 Å². The molecule has 0 heterocycles. The van der Waals surface area contributed by atoms with Gasteiger partial charge in [0.25, 0.3) is 0 Å². The minimum atomic E-state index is 0.291. The second-order valence-electron chi connectivity index (χ2n) is 5.10. The highest BCUT2D eigenvalue weighted by Gasteiger charge is 2.37. The van der Waals surface area contributed by atoms with E-state index in [1.54, 1.807) is 0 Å². The summed E-state index contributed by atoms with van der Waals surface area (Å²) in [6.07, 6.45) is 1.15. The van der Waals surface area contributed by atoms with E-state index in [1.807, 2.05) is 6.92 Å². The summed E-state index contributed by atoms with van der Waals surface area (Å²) in [5.41, 5.74) is 3.22. The first kappa shape index (κ1) is 11.2. The second kappa shape index (κ2) is 4.31. The van der Waals surface area contributed by atoms with Crippen molar-refractivity contribution in [2.75, 3.05) is 6.54 Å². The lowest BCUT2D eigenvalue weighted by atomic mass is 9.85. The Kier molecular flexibility index (Phi) is 3.03. The molecule has 84 valence electrons. The van der Waals surface area contributed by atoms with Crippen molar-refractivity contribution >= 4 is 0 Å². The summed E-state index contributed by atoms with van der Waals surface area (Å²) in [5, 5.41) is 3.56. The standard InChI is InChI=1S/C15H19N/c1-4-5-10-16-14-13-9-7-6-8-12(13)11-15(14,2)3/h6-9,14,16H,10-11H2,1-3H3. The maximum absolute atomic E-state index is 3.56. The van der Waals surface area contributed by atoms with Gasteiger partial charge in [0, 0.05) is 6.04 Å². The molecule has 0 aromatic heterocycles. The summed E-state index contributed by atoms with van der Waals surface area (Å²) in [6.45, 7) is 7.31. The molecule has 0 bridgehead atoms. The van der Waals surface area contributed by atoms with E-state index in [9.17, 15) is 0 Å². The van der Waals surface area contributed by atoms with Crippen LogP contribution < -0.4 is 5.32 Å². The summed E-state index contributed by atoms with van der Waals surface area (Å²) in [7, 11) is 0. The molecule has 1 nitrogen and oxygen atoms in total. The summed E-state index contributed by atoms with van der Waals surface area (Å²) < 4.78 is 0. The average Bonchev–Trinajstić information content (AvgIpc) is 2.50. The highest BCUT2D eigenvalue weighted by Crippen LogP contribution is 2.44. The molecule has 1 heteroatoms. The molecule has 0 amide bonds. The van der Waals surface area contributed by atoms with Crippen molar-refractivity contribution in [2.45, 2.75) is 33.2 Å². The van der Waals surface area contributed by atoms with Gasteiger partial charge in [-0.3, -0.25) is 5.32 Å². The average molecular weight is 213 g/mol. The van der Waals surface area contributed by atoms with Crippen LogP contribution in [0, 0.1) is 17.3 Å². The molecular formula is C15H19N. The minimum absolute atomic E-state index is 0.291. The molecule has 0 saturated carbocycles. The Balaban J connectivity index is 2.23. The third-order valence-corrected chi connectivity index (χ3v) is 3.36. The Hall–Kier alpha value is -1.26. The summed E-state index contributed by atoms with van der Waals surface area (Å²) >= 11 is 0. The van der Waals surface area contributed by atoms with E-state index in [2.05, 4.69) is 55.3 Å². The van der Waals surface area contributed by atoms with Gasteiger partial charge in [-0.25, -0.2) is 0 Å². The lowest BCUT2D eigenvalue weighted by Gasteiger charge is -2.28. The number of rotatable bonds is 2. The van der Waals surface area contributed by atoms with Gasteiger partial charge >= 0.3 is 0 Å². The largest absolute Gasteiger partial charge is 0.299 e. The van der Waals surface area contributed by atoms with Gasteiger partial charge in [0.15, 0.2) is 0 Å². The van der Waals surface area contributed by atoms with Crippen molar-refractivity contribution in [3.05, 3.63) is 35.4 Å². The highest BCUT2D eigenvalue weighted by molar-refractivity contribution is 5.37. The Morgan fingerprint density at radius 2 is 2.12 bits per heavy atom. The van der Waals surface area contributed by atoms with E-state index in [0.29, 0.717) is 11.5 Å². The quantitative estimate of drug-likeness (QED) is 0.745. The predicted molar refractivity (Wildman–Crippen MR) is 68.1 cm³/mol. The minimum Gasteiger partial charge on any atom is -0.299 e. The van der Waals surface area contributed by atoms with E-state index in [0.717, 1.165) is 13.0 Å². The molecule has 1 aliphatic rings. The van der Waals surface area contributed by atoms with Crippen LogP contribution in [0.3, 0.4) is 0 Å². The first-order chi connectivity index (χ1) is 7.65. The molecule has 16 heavy (non-hydrogen) atoms. The lowest BCUT2D eigenvalue weighted by Crippen LogP contribution is -2.31. The number of nitrogens with one attached hydrogen (secondary N) is 1. The normalized spacial score (nSPS) is 21.1. The van der Waals surface area contributed by atoms with Crippen LogP contribution >= 0.6 is 0 Å². The monoisotopic (exact) mass is 213 g/mol. The maximum Gasteiger partial charge on any atom is 0.0581 e. The van der Waals surface area contributed by atoms with Crippen LogP contribution in [0.25, 0.3) is 0 Å². The van der Waals surface area contributed by atoms with Crippen molar-refractivity contribution in [1.29, 1.82) is 0 Å². The zero-order chi connectivity index (χ0) is 11.6. The number of hydrogen-bond donors (Lipinski definition) is 1. The Labute approximate surface area is 98.3 Å². The molecule has 1 atom stereocenters. The first-order valence-electron chi connectivity index (χ1n) is 5.86. The highest BCUT2D eigenvalue weighted by atomic mass is 14.9. The predicted octanol–water partition coefficient (Wildman–Crippen LogP) is 2.92. The Morgan fingerprint density at radius 1 is 1.38 bits per heavy atom. The van der Waals surface area contributed by atoms with Crippen LogP contribution in [0.15, 0.2) is 24.3 Å². The number of benzene rings is 1. The van der Waals surface area contributed by atoms with Crippen molar-refractivity contribution in [2.24, 2.45) is 5.41 Å². The van der Waals surface area contributed by atoms with Crippen molar-refractivity contribution < 1.29 is 0 Å². The van der Waals surface area contributed by atoms with Gasteiger partial charge in [-0.1, -0.05) is 44.0 Å². The molecule has 1 aromatic carbocycles. The zero-order valence-electron chi connectivity index (χ0n) is 10.3. The van der Waals surface area contributed by atoms with Crippen molar-refractivity contribution in [1.82, 2.24) is 5.32 Å². The van der Waals surface area contributed by atoms with E-state index >= 15 is 0 Å². The van der Waals surface area contributed by atoms with Gasteiger partial charge in [0.1, 0.15) is 0 Å². The maximum atomic E-state index is 3.56. The number of fused-ring (bicyclic) bond motifs is 1. The molecule has 1 unspecified atom stereocenters. The smallest absolute Gasteiger partial charge is 0.0581 e. The summed E-state index contributed by atoms with van der Waals surface area (Å²) in [4.78, 5) is 0. The van der Waals surface area contributed by atoms with E-state index in [4.69, 9.17) is 0 Å². The van der Waals surface area contributed by atoms with Crippen molar-refractivity contribution in [3.8, 4) is 11.8 Å². The molecule has 1 N–H and O–H groups in total. The number of hydrogen-bond acceptors (Lipinski definition) is 1. The Bertz CT molecular complexity index is 434. The van der Waals surface area contributed by atoms with E-state index in [1.165, 1.54) is 11.1 Å². The molecule has 2 rings (SSSR count). The molecule has 1 aromatic rings. The van der Waals surface area contributed by atoms with E-state index < -0.39 is 0 Å². The van der Waals surface area contributed by atoms with Gasteiger partial charge < -0.3 is 0 Å². The van der Waals surface area contributed by atoms with Crippen LogP contribution in [0.4, 0.5) is 0 Å². The molecule has 0 radical (unpaired) electrons. The van der Waals surface area contributed by atoms with E-state index in [-0.39, 0.29) is 0 Å². The second-order valence-corrected chi connectivity index (χ2v) is 5.10. The third-order valence-electron chi connectivity index (χ3n) is 3.36. The lowest BCUT2D eigenvalue weighted by molar-refractivity contribution is 0.277. The van der Waals surface area contributed by atoms with Crippen molar-refractivity contribution in [3.63, 3.8) is 0 Å². The van der Waals surface area contributed by atoms with Crippen LogP contribution in [0.2, 0.25) is 0 Å². The molecule has 0 aliphatic heterocycles. The third kappa shape index (κ3) is 1.99. The van der Waals surface area contributed by atoms with Crippen LogP contribution in [-0.4, -0.2) is 6.54 Å². The van der Waals surface area contributed by atoms with Gasteiger partial charge in [-0.15, -0.1) is 5.92 Å². The molecule has 0 fully saturated rings. The SMILES string of the molecule is CC#CCNC1c2ccccc2CC1(C)C. The fourth-order valence-electron chi connectivity index (χ4n) is 2.62. The topological polar surface area (TPSA) is 12.0 Å². The molecular weight excluding hydrogens is 194 g/mol. The molecule has 1 aliphatic carbocycles. The molecule has 0 saturated heterocycles. The van der Waals surface area contributed by atoms with Crippen LogP contribution in [0.5, 0.6) is 0 Å². The van der Waals surface area contributed by atoms with Gasteiger partial charge in [-0.2, -0.15) is 0 Å². The fourth-order valence-corrected chi connectivity index (χ4v) is 2.62. The van der Waals surface area contributed by atoms with Crippen LogP contribution in [-0.2, 0) is 6.42 Å². The fraction of sp³-hybridized carbons (Fsp3) is 0.467.